The van der Waals surface area contributed by atoms with Crippen molar-refractivity contribution in [2.75, 3.05) is 20.8 Å². The number of hydroxylamine groups is 1. The third kappa shape index (κ3) is 5.85. The maximum absolute atomic E-state index is 12.2. The van der Waals surface area contributed by atoms with Gasteiger partial charge in [-0.25, -0.2) is 13.2 Å². The van der Waals surface area contributed by atoms with Crippen molar-refractivity contribution in [2.45, 2.75) is 4.90 Å². The molecule has 0 fully saturated rings. The van der Waals surface area contributed by atoms with E-state index >= 15 is 0 Å². The van der Waals surface area contributed by atoms with Crippen molar-refractivity contribution in [3.63, 3.8) is 0 Å². The number of rotatable bonds is 7. The van der Waals surface area contributed by atoms with Gasteiger partial charge in [0.2, 0.25) is 0 Å². The molecule has 2 amide bonds. The quantitative estimate of drug-likeness (QED) is 0.491. The van der Waals surface area contributed by atoms with E-state index in [1.54, 1.807) is 30.3 Å². The molecular formula is C18H19N3O7S. The molecule has 0 unspecified atom stereocenters. The van der Waals surface area contributed by atoms with Gasteiger partial charge in [0.1, 0.15) is 0 Å². The van der Waals surface area contributed by atoms with E-state index in [2.05, 4.69) is 15.7 Å². The van der Waals surface area contributed by atoms with Gasteiger partial charge in [0, 0.05) is 12.6 Å². The number of hydrazine groups is 1. The molecule has 0 radical (unpaired) electrons. The Kier molecular flexibility index (Phi) is 7.42. The second-order valence-electron chi connectivity index (χ2n) is 5.57. The Hall–Kier alpha value is -3.28. The van der Waals surface area contributed by atoms with Crippen molar-refractivity contribution in [3.05, 3.63) is 65.7 Å². The number of hydrogen-bond donors (Lipinski definition) is 2. The second-order valence-corrected chi connectivity index (χ2v) is 7.51. The lowest BCUT2D eigenvalue weighted by Gasteiger charge is -2.14. The molecular weight excluding hydrogens is 402 g/mol. The number of nitrogens with zero attached hydrogens (tertiary/aromatic N) is 1. The van der Waals surface area contributed by atoms with Gasteiger partial charge in [-0.1, -0.05) is 28.7 Å². The van der Waals surface area contributed by atoms with Crippen LogP contribution in [0.3, 0.4) is 0 Å². The summed E-state index contributed by atoms with van der Waals surface area (Å²) in [6, 6.07) is 13.3. The fourth-order valence-electron chi connectivity index (χ4n) is 2.07. The van der Waals surface area contributed by atoms with Crippen LogP contribution in [0.4, 0.5) is 0 Å². The van der Waals surface area contributed by atoms with Crippen molar-refractivity contribution < 1.29 is 32.4 Å². The van der Waals surface area contributed by atoms with Gasteiger partial charge >= 0.3 is 5.97 Å². The Balaban J connectivity index is 1.91. The predicted molar refractivity (Wildman–Crippen MR) is 101 cm³/mol. The average Bonchev–Trinajstić information content (AvgIpc) is 2.75. The highest BCUT2D eigenvalue weighted by Gasteiger charge is 2.22. The lowest BCUT2D eigenvalue weighted by Crippen LogP contribution is -2.43. The predicted octanol–water partition coefficient (Wildman–Crippen LogP) is 0.487. The molecule has 0 aliphatic carbocycles. The van der Waals surface area contributed by atoms with Crippen LogP contribution in [0.5, 0.6) is 0 Å². The summed E-state index contributed by atoms with van der Waals surface area (Å²) in [5, 5.41) is 0. The summed E-state index contributed by atoms with van der Waals surface area (Å²) in [6.45, 7) is -0.678. The van der Waals surface area contributed by atoms with E-state index in [0.29, 0.717) is 10.0 Å². The van der Waals surface area contributed by atoms with Gasteiger partial charge in [-0.2, -0.15) is 0 Å². The molecule has 0 aliphatic rings. The Morgan fingerprint density at radius 2 is 1.62 bits per heavy atom. The van der Waals surface area contributed by atoms with E-state index in [-0.39, 0.29) is 10.5 Å². The first-order valence-corrected chi connectivity index (χ1v) is 9.64. The molecule has 2 aromatic rings. The summed E-state index contributed by atoms with van der Waals surface area (Å²) in [5.74, 6) is -2.22. The lowest BCUT2D eigenvalue weighted by molar-refractivity contribution is -0.125. The van der Waals surface area contributed by atoms with Crippen LogP contribution in [0.25, 0.3) is 0 Å². The standard InChI is InChI=1S/C18H19N3O7S/c1-21(27-2)29(25,26)15-10-6-9-14(11-15)18(24)28-12-16(22)19-20-17(23)13-7-4-3-5-8-13/h3-11H,12H2,1-2H3,(H,19,22)(H,20,23). The summed E-state index contributed by atoms with van der Waals surface area (Å²) in [7, 11) is -1.56. The minimum Gasteiger partial charge on any atom is -0.452 e. The number of sulfonamides is 1. The van der Waals surface area contributed by atoms with Gasteiger partial charge in [0.05, 0.1) is 17.6 Å². The van der Waals surface area contributed by atoms with E-state index in [9.17, 15) is 22.8 Å². The first-order valence-electron chi connectivity index (χ1n) is 8.20. The zero-order chi connectivity index (χ0) is 21.4. The fraction of sp³-hybridized carbons (Fsp3) is 0.167. The number of esters is 1. The highest BCUT2D eigenvalue weighted by atomic mass is 32.2. The topological polar surface area (TPSA) is 131 Å². The lowest BCUT2D eigenvalue weighted by atomic mass is 10.2. The summed E-state index contributed by atoms with van der Waals surface area (Å²) >= 11 is 0. The third-order valence-electron chi connectivity index (χ3n) is 3.65. The molecule has 10 nitrogen and oxygen atoms in total. The average molecular weight is 421 g/mol. The minimum absolute atomic E-state index is 0.0725. The molecule has 29 heavy (non-hydrogen) atoms. The number of carbonyl (C=O) groups is 3. The van der Waals surface area contributed by atoms with Gasteiger partial charge < -0.3 is 4.74 Å². The number of benzene rings is 2. The van der Waals surface area contributed by atoms with E-state index in [1.807, 2.05) is 0 Å². The largest absolute Gasteiger partial charge is 0.452 e. The fourth-order valence-corrected chi connectivity index (χ4v) is 3.09. The van der Waals surface area contributed by atoms with Crippen molar-refractivity contribution in [1.82, 2.24) is 15.3 Å². The molecule has 0 saturated carbocycles. The molecule has 11 heteroatoms. The summed E-state index contributed by atoms with van der Waals surface area (Å²) in [4.78, 5) is 40.1. The Bertz CT molecular complexity index is 994. The van der Waals surface area contributed by atoms with Crippen LogP contribution < -0.4 is 10.9 Å². The maximum atomic E-state index is 12.2. The minimum atomic E-state index is -3.94. The van der Waals surface area contributed by atoms with Gasteiger partial charge in [0.15, 0.2) is 6.61 Å². The number of amides is 2. The van der Waals surface area contributed by atoms with Crippen LogP contribution in [0, 0.1) is 0 Å². The molecule has 2 aromatic carbocycles. The molecule has 2 rings (SSSR count). The van der Waals surface area contributed by atoms with Gasteiger partial charge in [-0.15, -0.1) is 0 Å². The molecule has 154 valence electrons. The van der Waals surface area contributed by atoms with Crippen LogP contribution in [0.2, 0.25) is 0 Å². The molecule has 0 bridgehead atoms. The Morgan fingerprint density at radius 1 is 0.966 bits per heavy atom. The highest BCUT2D eigenvalue weighted by Crippen LogP contribution is 2.16. The molecule has 2 N–H and O–H groups in total. The summed E-state index contributed by atoms with van der Waals surface area (Å²) in [5.41, 5.74) is 4.56. The van der Waals surface area contributed by atoms with Crippen LogP contribution in [0.1, 0.15) is 20.7 Å². The first-order chi connectivity index (χ1) is 13.8. The zero-order valence-corrected chi connectivity index (χ0v) is 16.4. The van der Waals surface area contributed by atoms with Crippen molar-refractivity contribution in [1.29, 1.82) is 0 Å². The van der Waals surface area contributed by atoms with E-state index < -0.39 is 34.4 Å². The smallest absolute Gasteiger partial charge is 0.338 e. The molecule has 0 spiro atoms. The molecule has 0 atom stereocenters. The number of carbonyl (C=O) groups excluding carboxylic acids is 3. The van der Waals surface area contributed by atoms with Crippen molar-refractivity contribution in [3.8, 4) is 0 Å². The van der Waals surface area contributed by atoms with E-state index in [4.69, 9.17) is 4.74 Å². The summed E-state index contributed by atoms with van der Waals surface area (Å²) in [6.07, 6.45) is 0. The molecule has 0 aliphatic heterocycles. The van der Waals surface area contributed by atoms with Gasteiger partial charge in [-0.05, 0) is 30.3 Å². The third-order valence-corrected chi connectivity index (χ3v) is 5.32. The zero-order valence-electron chi connectivity index (χ0n) is 15.6. The van der Waals surface area contributed by atoms with E-state index in [0.717, 1.165) is 6.07 Å². The second kappa shape index (κ2) is 9.78. The SMILES string of the molecule is CON(C)S(=O)(=O)c1cccc(C(=O)OCC(=O)NNC(=O)c2ccccc2)c1. The highest BCUT2D eigenvalue weighted by molar-refractivity contribution is 7.89. The maximum Gasteiger partial charge on any atom is 0.338 e. The first kappa shape index (κ1) is 22.0. The van der Waals surface area contributed by atoms with Crippen molar-refractivity contribution >= 4 is 27.8 Å². The van der Waals surface area contributed by atoms with Crippen LogP contribution >= 0.6 is 0 Å². The molecule has 0 heterocycles. The van der Waals surface area contributed by atoms with Crippen LogP contribution in [-0.4, -0.2) is 51.4 Å². The van der Waals surface area contributed by atoms with E-state index in [1.165, 1.54) is 32.4 Å². The number of nitrogens with one attached hydrogen (secondary N) is 2. The summed E-state index contributed by atoms with van der Waals surface area (Å²) < 4.78 is 29.9. The van der Waals surface area contributed by atoms with Crippen molar-refractivity contribution in [2.24, 2.45) is 0 Å². The molecule has 0 saturated heterocycles. The number of ether oxygens (including phenoxy) is 1. The Labute approximate surface area is 167 Å². The van der Waals surface area contributed by atoms with Crippen LogP contribution in [-0.2, 0) is 24.4 Å². The number of hydrogen-bond acceptors (Lipinski definition) is 7. The monoisotopic (exact) mass is 421 g/mol. The Morgan fingerprint density at radius 3 is 2.28 bits per heavy atom. The molecule has 0 aromatic heterocycles. The normalized spacial score (nSPS) is 11.0. The van der Waals surface area contributed by atoms with Crippen LogP contribution in [0.15, 0.2) is 59.5 Å². The van der Waals surface area contributed by atoms with Gasteiger partial charge in [0.25, 0.3) is 21.8 Å². The van der Waals surface area contributed by atoms with Gasteiger partial charge in [-0.3, -0.25) is 25.3 Å².